The monoisotopic (exact) mass is 304 g/mol. The molecule has 1 amide bonds. The van der Waals surface area contributed by atoms with Crippen LogP contribution in [0.5, 0.6) is 0 Å². The molecule has 0 aromatic carbocycles. The maximum atomic E-state index is 12.1. The molecule has 0 atom stereocenters. The average Bonchev–Trinajstić information content (AvgIpc) is 2.89. The molecule has 1 aromatic rings. The van der Waals surface area contributed by atoms with Gasteiger partial charge in [0.05, 0.1) is 12.4 Å². The first kappa shape index (κ1) is 16.6. The second kappa shape index (κ2) is 7.34. The van der Waals surface area contributed by atoms with E-state index in [1.54, 1.807) is 14.0 Å². The normalized spacial score (nSPS) is 11.6. The van der Waals surface area contributed by atoms with Crippen LogP contribution in [-0.4, -0.2) is 66.7 Å². The molecule has 0 aliphatic heterocycles. The van der Waals surface area contributed by atoms with Crippen LogP contribution in [0.3, 0.4) is 0 Å². The van der Waals surface area contributed by atoms with Gasteiger partial charge in [-0.15, -0.1) is 5.10 Å². The Labute approximate surface area is 118 Å². The molecular formula is C11H20N4O4S. The summed E-state index contributed by atoms with van der Waals surface area (Å²) in [7, 11) is -1.97. The first-order valence-corrected chi connectivity index (χ1v) is 8.04. The molecule has 8 nitrogen and oxygen atoms in total. The van der Waals surface area contributed by atoms with E-state index >= 15 is 0 Å². The Morgan fingerprint density at radius 2 is 2.15 bits per heavy atom. The van der Waals surface area contributed by atoms with E-state index in [-0.39, 0.29) is 10.9 Å². The minimum absolute atomic E-state index is 0.0353. The van der Waals surface area contributed by atoms with Gasteiger partial charge >= 0.3 is 6.03 Å². The highest BCUT2D eigenvalue weighted by molar-refractivity contribution is 7.91. The third kappa shape index (κ3) is 4.01. The van der Waals surface area contributed by atoms with Crippen LogP contribution in [0.2, 0.25) is 0 Å². The highest BCUT2D eigenvalue weighted by atomic mass is 32.2. The Morgan fingerprint density at radius 1 is 1.45 bits per heavy atom. The Kier molecular flexibility index (Phi) is 6.08. The van der Waals surface area contributed by atoms with Crippen LogP contribution in [-0.2, 0) is 14.6 Å². The summed E-state index contributed by atoms with van der Waals surface area (Å²) in [5, 5.41) is 3.45. The molecule has 0 aliphatic rings. The molecule has 0 aliphatic carbocycles. The summed E-state index contributed by atoms with van der Waals surface area (Å²) in [4.78, 5) is 17.3. The fourth-order valence-electron chi connectivity index (χ4n) is 1.58. The quantitative estimate of drug-likeness (QED) is 0.723. The van der Waals surface area contributed by atoms with Crippen molar-refractivity contribution in [1.29, 1.82) is 0 Å². The topological polar surface area (TPSA) is 94.4 Å². The van der Waals surface area contributed by atoms with E-state index in [2.05, 4.69) is 10.1 Å². The van der Waals surface area contributed by atoms with Crippen LogP contribution >= 0.6 is 0 Å². The number of aromatic nitrogens is 3. The maximum Gasteiger partial charge on any atom is 0.346 e. The SMILES string of the molecule is CCCS(=O)(=O)c1ncn(C(=O)N(CC)CCOC)n1. The first-order valence-electron chi connectivity index (χ1n) is 6.38. The number of methoxy groups -OCH3 is 1. The van der Waals surface area contributed by atoms with Gasteiger partial charge in [-0.3, -0.25) is 0 Å². The number of hydrogen-bond acceptors (Lipinski definition) is 6. The molecular weight excluding hydrogens is 284 g/mol. The van der Waals surface area contributed by atoms with Gasteiger partial charge in [0, 0.05) is 20.2 Å². The van der Waals surface area contributed by atoms with Crippen molar-refractivity contribution >= 4 is 15.9 Å². The lowest BCUT2D eigenvalue weighted by molar-refractivity contribution is 0.150. The van der Waals surface area contributed by atoms with Gasteiger partial charge in [-0.1, -0.05) is 6.92 Å². The molecule has 0 bridgehead atoms. The van der Waals surface area contributed by atoms with Gasteiger partial charge in [0.1, 0.15) is 6.33 Å². The molecule has 0 saturated carbocycles. The second-order valence-electron chi connectivity index (χ2n) is 4.15. The van der Waals surface area contributed by atoms with Crippen molar-refractivity contribution in [2.24, 2.45) is 0 Å². The number of carbonyl (C=O) groups excluding carboxylic acids is 1. The van der Waals surface area contributed by atoms with Crippen LogP contribution in [0.25, 0.3) is 0 Å². The summed E-state index contributed by atoms with van der Waals surface area (Å²) in [6, 6.07) is -0.421. The van der Waals surface area contributed by atoms with E-state index in [1.807, 2.05) is 6.92 Å². The molecule has 0 unspecified atom stereocenters. The predicted molar refractivity (Wildman–Crippen MR) is 72.3 cm³/mol. The molecule has 1 heterocycles. The zero-order valence-corrected chi connectivity index (χ0v) is 12.8. The van der Waals surface area contributed by atoms with Gasteiger partial charge < -0.3 is 9.64 Å². The van der Waals surface area contributed by atoms with E-state index in [4.69, 9.17) is 4.74 Å². The van der Waals surface area contributed by atoms with Crippen molar-refractivity contribution in [3.63, 3.8) is 0 Å². The summed E-state index contributed by atoms with van der Waals surface area (Å²) in [5.41, 5.74) is 0. The van der Waals surface area contributed by atoms with Crippen LogP contribution in [0.4, 0.5) is 4.79 Å². The summed E-state index contributed by atoms with van der Waals surface area (Å²) < 4.78 is 29.5. The molecule has 1 aromatic heterocycles. The third-order valence-corrected chi connectivity index (χ3v) is 4.32. The Bertz CT molecular complexity index is 540. The zero-order valence-electron chi connectivity index (χ0n) is 11.9. The molecule has 20 heavy (non-hydrogen) atoms. The van der Waals surface area contributed by atoms with E-state index in [1.165, 1.54) is 4.90 Å². The van der Waals surface area contributed by atoms with Gasteiger partial charge in [-0.2, -0.15) is 4.68 Å². The highest BCUT2D eigenvalue weighted by Crippen LogP contribution is 2.06. The molecule has 0 spiro atoms. The molecule has 0 fully saturated rings. The number of amides is 1. The lowest BCUT2D eigenvalue weighted by Crippen LogP contribution is -2.37. The Morgan fingerprint density at radius 3 is 2.70 bits per heavy atom. The van der Waals surface area contributed by atoms with Crippen molar-refractivity contribution in [2.75, 3.05) is 32.6 Å². The van der Waals surface area contributed by atoms with E-state index in [0.717, 1.165) is 11.0 Å². The molecule has 0 N–H and O–H groups in total. The van der Waals surface area contributed by atoms with Gasteiger partial charge in [-0.25, -0.2) is 18.2 Å². The van der Waals surface area contributed by atoms with E-state index < -0.39 is 15.9 Å². The van der Waals surface area contributed by atoms with E-state index in [0.29, 0.717) is 26.1 Å². The van der Waals surface area contributed by atoms with Crippen molar-refractivity contribution in [3.8, 4) is 0 Å². The van der Waals surface area contributed by atoms with Crippen LogP contribution in [0, 0.1) is 0 Å². The van der Waals surface area contributed by atoms with Gasteiger partial charge in [0.25, 0.3) is 5.16 Å². The van der Waals surface area contributed by atoms with Crippen molar-refractivity contribution in [1.82, 2.24) is 19.7 Å². The largest absolute Gasteiger partial charge is 0.383 e. The highest BCUT2D eigenvalue weighted by Gasteiger charge is 2.22. The van der Waals surface area contributed by atoms with Crippen LogP contribution in [0.1, 0.15) is 20.3 Å². The zero-order chi connectivity index (χ0) is 15.2. The summed E-state index contributed by atoms with van der Waals surface area (Å²) in [6.45, 7) is 4.85. The summed E-state index contributed by atoms with van der Waals surface area (Å²) in [6.07, 6.45) is 1.60. The van der Waals surface area contributed by atoms with Gasteiger partial charge in [0.15, 0.2) is 0 Å². The van der Waals surface area contributed by atoms with Crippen molar-refractivity contribution in [2.45, 2.75) is 25.4 Å². The fourth-order valence-corrected chi connectivity index (χ4v) is 2.72. The minimum Gasteiger partial charge on any atom is -0.383 e. The smallest absolute Gasteiger partial charge is 0.346 e. The second-order valence-corrected chi connectivity index (χ2v) is 6.15. The number of rotatable bonds is 7. The number of ether oxygens (including phenoxy) is 1. The number of hydrogen-bond donors (Lipinski definition) is 0. The standard InChI is InChI=1S/C11H20N4O4S/c1-4-8-20(17,18)10-12-9-15(13-10)11(16)14(5-2)6-7-19-3/h9H,4-8H2,1-3H3. The first-order chi connectivity index (χ1) is 9.46. The Balaban J connectivity index is 2.88. The van der Waals surface area contributed by atoms with Crippen molar-refractivity contribution in [3.05, 3.63) is 6.33 Å². The molecule has 114 valence electrons. The summed E-state index contributed by atoms with van der Waals surface area (Å²) >= 11 is 0. The number of carbonyl (C=O) groups is 1. The Hall–Kier alpha value is -1.48. The third-order valence-electron chi connectivity index (χ3n) is 2.64. The van der Waals surface area contributed by atoms with Crippen molar-refractivity contribution < 1.29 is 17.9 Å². The minimum atomic E-state index is -3.51. The van der Waals surface area contributed by atoms with Crippen LogP contribution < -0.4 is 0 Å². The van der Waals surface area contributed by atoms with Gasteiger partial charge in [0.2, 0.25) is 9.84 Å². The lowest BCUT2D eigenvalue weighted by Gasteiger charge is -2.19. The molecule has 0 radical (unpaired) electrons. The molecule has 9 heteroatoms. The average molecular weight is 304 g/mol. The number of nitrogens with zero attached hydrogens (tertiary/aromatic N) is 4. The van der Waals surface area contributed by atoms with Crippen LogP contribution in [0.15, 0.2) is 11.5 Å². The van der Waals surface area contributed by atoms with E-state index in [9.17, 15) is 13.2 Å². The molecule has 1 rings (SSSR count). The molecule has 0 saturated heterocycles. The number of likely N-dealkylation sites (N-methyl/N-ethyl adjacent to an activating group) is 1. The number of sulfone groups is 1. The fraction of sp³-hybridized carbons (Fsp3) is 0.727. The summed E-state index contributed by atoms with van der Waals surface area (Å²) in [5.74, 6) is -0.0353. The lowest BCUT2D eigenvalue weighted by atomic mass is 10.5. The predicted octanol–water partition coefficient (Wildman–Crippen LogP) is 0.398. The maximum absolute atomic E-state index is 12.1. The van der Waals surface area contributed by atoms with Gasteiger partial charge in [-0.05, 0) is 13.3 Å².